The summed E-state index contributed by atoms with van der Waals surface area (Å²) in [5.41, 5.74) is 0.978. The van der Waals surface area contributed by atoms with E-state index in [9.17, 15) is 4.39 Å². The topological polar surface area (TPSA) is 30.5 Å². The van der Waals surface area contributed by atoms with Crippen molar-refractivity contribution in [1.82, 2.24) is 5.32 Å². The minimum Gasteiger partial charge on any atom is -0.382 e. The first kappa shape index (κ1) is 16.4. The van der Waals surface area contributed by atoms with Gasteiger partial charge in [0.1, 0.15) is 5.82 Å². The molecule has 0 aliphatic rings. The molecule has 0 saturated carbocycles. The summed E-state index contributed by atoms with van der Waals surface area (Å²) in [6, 6.07) is 4.93. The molecule has 1 unspecified atom stereocenters. The summed E-state index contributed by atoms with van der Waals surface area (Å²) < 4.78 is 23.3. The zero-order chi connectivity index (χ0) is 14.1. The predicted octanol–water partition coefficient (Wildman–Crippen LogP) is 3.18. The molecular weight excluding hydrogens is 269 g/mol. The maximum atomic E-state index is 13.0. The molecule has 0 spiro atoms. The van der Waals surface area contributed by atoms with Crippen LogP contribution >= 0.6 is 11.6 Å². The molecule has 0 bridgehead atoms. The Morgan fingerprint density at radius 2 is 2.11 bits per heavy atom. The second-order valence-corrected chi connectivity index (χ2v) is 4.72. The van der Waals surface area contributed by atoms with Crippen molar-refractivity contribution in [3.8, 4) is 0 Å². The van der Waals surface area contributed by atoms with Crippen LogP contribution in [-0.4, -0.2) is 33.5 Å². The van der Waals surface area contributed by atoms with Crippen LogP contribution in [0.15, 0.2) is 18.2 Å². The lowest BCUT2D eigenvalue weighted by Gasteiger charge is -2.14. The highest BCUT2D eigenvalue weighted by Crippen LogP contribution is 2.20. The zero-order valence-electron chi connectivity index (χ0n) is 11.4. The smallest absolute Gasteiger partial charge is 0.141 e. The quantitative estimate of drug-likeness (QED) is 0.708. The minimum atomic E-state index is -0.385. The Hall–Kier alpha value is -0.680. The highest BCUT2D eigenvalue weighted by atomic mass is 35.5. The molecule has 5 heteroatoms. The first-order chi connectivity index (χ1) is 9.15. The standard InChI is InChI=1S/C14H21ClFNO2/c1-11(12-4-5-14(16)13(15)10-12)17-6-3-7-19-9-8-18-2/h4-5,10-11,17H,3,6-9H2,1-2H3. The van der Waals surface area contributed by atoms with Crippen molar-refractivity contribution in [2.24, 2.45) is 0 Å². The van der Waals surface area contributed by atoms with E-state index in [0.29, 0.717) is 19.8 Å². The molecule has 19 heavy (non-hydrogen) atoms. The van der Waals surface area contributed by atoms with Crippen LogP contribution in [-0.2, 0) is 9.47 Å². The molecule has 0 aliphatic carbocycles. The van der Waals surface area contributed by atoms with E-state index in [4.69, 9.17) is 21.1 Å². The van der Waals surface area contributed by atoms with Gasteiger partial charge in [-0.25, -0.2) is 4.39 Å². The number of methoxy groups -OCH3 is 1. The molecule has 0 amide bonds. The molecule has 1 atom stereocenters. The molecule has 0 aliphatic heterocycles. The van der Waals surface area contributed by atoms with Gasteiger partial charge in [-0.1, -0.05) is 17.7 Å². The molecule has 1 rings (SSSR count). The summed E-state index contributed by atoms with van der Waals surface area (Å²) in [7, 11) is 1.65. The minimum absolute atomic E-state index is 0.136. The SMILES string of the molecule is COCCOCCCNC(C)c1ccc(F)c(Cl)c1. The fourth-order valence-corrected chi connectivity index (χ4v) is 1.83. The van der Waals surface area contributed by atoms with E-state index >= 15 is 0 Å². The summed E-state index contributed by atoms with van der Waals surface area (Å²) in [6.07, 6.45) is 0.920. The molecular formula is C14H21ClFNO2. The first-order valence-corrected chi connectivity index (χ1v) is 6.78. The van der Waals surface area contributed by atoms with E-state index in [0.717, 1.165) is 18.5 Å². The van der Waals surface area contributed by atoms with Crippen molar-refractivity contribution in [3.05, 3.63) is 34.6 Å². The Bertz CT molecular complexity index is 376. The average molecular weight is 290 g/mol. The molecule has 0 saturated heterocycles. The molecule has 1 aromatic rings. The van der Waals surface area contributed by atoms with Crippen molar-refractivity contribution in [3.63, 3.8) is 0 Å². The summed E-state index contributed by atoms with van der Waals surface area (Å²) in [4.78, 5) is 0. The van der Waals surface area contributed by atoms with Crippen LogP contribution in [0.25, 0.3) is 0 Å². The molecule has 108 valence electrons. The van der Waals surface area contributed by atoms with E-state index in [1.807, 2.05) is 6.92 Å². The van der Waals surface area contributed by atoms with Gasteiger partial charge < -0.3 is 14.8 Å². The Morgan fingerprint density at radius 1 is 1.32 bits per heavy atom. The second kappa shape index (κ2) is 9.26. The number of rotatable bonds is 9. The monoisotopic (exact) mass is 289 g/mol. The summed E-state index contributed by atoms with van der Waals surface area (Å²) in [6.45, 7) is 4.81. The number of hydrogen-bond acceptors (Lipinski definition) is 3. The van der Waals surface area contributed by atoms with Gasteiger partial charge in [-0.15, -0.1) is 0 Å². The van der Waals surface area contributed by atoms with Gasteiger partial charge in [0, 0.05) is 19.8 Å². The van der Waals surface area contributed by atoms with Gasteiger partial charge in [0.25, 0.3) is 0 Å². The Balaban J connectivity index is 2.20. The van der Waals surface area contributed by atoms with Gasteiger partial charge in [-0.3, -0.25) is 0 Å². The molecule has 1 aromatic carbocycles. The highest BCUT2D eigenvalue weighted by Gasteiger charge is 2.07. The summed E-state index contributed by atoms with van der Waals surface area (Å²) in [5, 5.41) is 3.51. The van der Waals surface area contributed by atoms with Crippen LogP contribution in [0.1, 0.15) is 24.9 Å². The van der Waals surface area contributed by atoms with Crippen LogP contribution < -0.4 is 5.32 Å². The van der Waals surface area contributed by atoms with Crippen molar-refractivity contribution in [2.45, 2.75) is 19.4 Å². The number of hydrogen-bond donors (Lipinski definition) is 1. The average Bonchev–Trinajstić information content (AvgIpc) is 2.40. The van der Waals surface area contributed by atoms with Gasteiger partial charge in [0.2, 0.25) is 0 Å². The summed E-state index contributed by atoms with van der Waals surface area (Å²) in [5.74, 6) is -0.385. The lowest BCUT2D eigenvalue weighted by Crippen LogP contribution is -2.21. The van der Waals surface area contributed by atoms with E-state index in [2.05, 4.69) is 5.32 Å². The third-order valence-corrected chi connectivity index (χ3v) is 3.08. The molecule has 0 fully saturated rings. The Kier molecular flexibility index (Phi) is 7.98. The lowest BCUT2D eigenvalue weighted by molar-refractivity contribution is 0.0693. The van der Waals surface area contributed by atoms with Crippen LogP contribution in [0, 0.1) is 5.82 Å². The van der Waals surface area contributed by atoms with Gasteiger partial charge >= 0.3 is 0 Å². The maximum Gasteiger partial charge on any atom is 0.141 e. The zero-order valence-corrected chi connectivity index (χ0v) is 12.2. The first-order valence-electron chi connectivity index (χ1n) is 6.40. The van der Waals surface area contributed by atoms with E-state index in [1.165, 1.54) is 6.07 Å². The van der Waals surface area contributed by atoms with Gasteiger partial charge in [-0.05, 0) is 37.6 Å². The van der Waals surface area contributed by atoms with Crippen molar-refractivity contribution >= 4 is 11.6 Å². The van der Waals surface area contributed by atoms with Crippen LogP contribution in [0.3, 0.4) is 0 Å². The van der Waals surface area contributed by atoms with E-state index in [1.54, 1.807) is 19.2 Å². The Morgan fingerprint density at radius 3 is 2.79 bits per heavy atom. The molecule has 1 N–H and O–H groups in total. The van der Waals surface area contributed by atoms with Crippen LogP contribution in [0.4, 0.5) is 4.39 Å². The lowest BCUT2D eigenvalue weighted by atomic mass is 10.1. The largest absolute Gasteiger partial charge is 0.382 e. The van der Waals surface area contributed by atoms with Gasteiger partial charge in [-0.2, -0.15) is 0 Å². The van der Waals surface area contributed by atoms with Crippen molar-refractivity contribution in [2.75, 3.05) is 33.5 Å². The van der Waals surface area contributed by atoms with E-state index in [-0.39, 0.29) is 16.9 Å². The number of halogens is 2. The van der Waals surface area contributed by atoms with Gasteiger partial charge in [0.05, 0.1) is 18.2 Å². The number of nitrogens with one attached hydrogen (secondary N) is 1. The number of benzene rings is 1. The molecule has 3 nitrogen and oxygen atoms in total. The highest BCUT2D eigenvalue weighted by molar-refractivity contribution is 6.30. The maximum absolute atomic E-state index is 13.0. The van der Waals surface area contributed by atoms with Crippen LogP contribution in [0.5, 0.6) is 0 Å². The molecule has 0 heterocycles. The Labute approximate surface area is 119 Å². The second-order valence-electron chi connectivity index (χ2n) is 4.31. The van der Waals surface area contributed by atoms with Gasteiger partial charge in [0.15, 0.2) is 0 Å². The normalized spacial score (nSPS) is 12.6. The third kappa shape index (κ3) is 6.34. The van der Waals surface area contributed by atoms with Crippen LogP contribution in [0.2, 0.25) is 5.02 Å². The third-order valence-electron chi connectivity index (χ3n) is 2.79. The predicted molar refractivity (Wildman–Crippen MR) is 75.1 cm³/mol. The molecule has 0 radical (unpaired) electrons. The number of ether oxygens (including phenoxy) is 2. The fourth-order valence-electron chi connectivity index (χ4n) is 1.64. The summed E-state index contributed by atoms with van der Waals surface area (Å²) >= 11 is 5.76. The van der Waals surface area contributed by atoms with Crippen molar-refractivity contribution in [1.29, 1.82) is 0 Å². The fraction of sp³-hybridized carbons (Fsp3) is 0.571. The van der Waals surface area contributed by atoms with E-state index < -0.39 is 0 Å². The molecule has 0 aromatic heterocycles. The van der Waals surface area contributed by atoms with Crippen molar-refractivity contribution < 1.29 is 13.9 Å².